The molecule has 15 heavy (non-hydrogen) atoms. The number of thiophene rings is 1. The van der Waals surface area contributed by atoms with E-state index in [1.54, 1.807) is 6.07 Å². The van der Waals surface area contributed by atoms with Crippen LogP contribution in [0.5, 0.6) is 0 Å². The van der Waals surface area contributed by atoms with Crippen molar-refractivity contribution in [3.05, 3.63) is 20.8 Å². The predicted molar refractivity (Wildman–Crippen MR) is 63.1 cm³/mol. The summed E-state index contributed by atoms with van der Waals surface area (Å²) in [6.07, 6.45) is 1.48. The highest BCUT2D eigenvalue weighted by Crippen LogP contribution is 2.26. The second-order valence-electron chi connectivity index (χ2n) is 3.81. The lowest BCUT2D eigenvalue weighted by Crippen LogP contribution is -2.38. The van der Waals surface area contributed by atoms with Crippen molar-refractivity contribution < 1.29 is 9.90 Å². The van der Waals surface area contributed by atoms with E-state index in [9.17, 15) is 4.79 Å². The molecule has 0 atom stereocenters. The third-order valence-electron chi connectivity index (χ3n) is 2.56. The summed E-state index contributed by atoms with van der Waals surface area (Å²) in [4.78, 5) is 12.3. The summed E-state index contributed by atoms with van der Waals surface area (Å²) < 4.78 is 0.965. The van der Waals surface area contributed by atoms with Crippen LogP contribution >= 0.6 is 27.3 Å². The van der Waals surface area contributed by atoms with Crippen LogP contribution in [-0.2, 0) is 0 Å². The molecule has 0 unspecified atom stereocenters. The second-order valence-corrected chi connectivity index (χ2v) is 6.27. The largest absolute Gasteiger partial charge is 0.393 e. The molecule has 5 heteroatoms. The Morgan fingerprint density at radius 3 is 2.87 bits per heavy atom. The number of aliphatic hydroxyl groups is 1. The fourth-order valence-corrected chi connectivity index (χ4v) is 2.93. The van der Waals surface area contributed by atoms with Crippen molar-refractivity contribution in [2.75, 3.05) is 6.54 Å². The number of halogens is 1. The molecule has 1 aliphatic carbocycles. The molecule has 0 aromatic carbocycles. The number of hydrogen-bond acceptors (Lipinski definition) is 3. The van der Waals surface area contributed by atoms with Crippen molar-refractivity contribution in [3.63, 3.8) is 0 Å². The third-order valence-corrected chi connectivity index (χ3v) is 4.18. The van der Waals surface area contributed by atoms with Crippen molar-refractivity contribution in [2.24, 2.45) is 5.92 Å². The standard InChI is InChI=1S/C10H12BrNO2S/c11-9-2-1-8(15-9)10(14)12-5-6-3-7(13)4-6/h1-2,6-7,13H,3-5H2,(H,12,14). The number of carbonyl (C=O) groups is 1. The zero-order valence-corrected chi connectivity index (χ0v) is 10.5. The Labute approximate surface area is 101 Å². The minimum atomic E-state index is -0.150. The molecule has 0 saturated heterocycles. The van der Waals surface area contributed by atoms with E-state index in [1.165, 1.54) is 11.3 Å². The summed E-state index contributed by atoms with van der Waals surface area (Å²) in [5.74, 6) is 0.430. The van der Waals surface area contributed by atoms with E-state index in [0.29, 0.717) is 12.5 Å². The summed E-state index contributed by atoms with van der Waals surface area (Å²) >= 11 is 4.75. The van der Waals surface area contributed by atoms with Crippen LogP contribution in [0.2, 0.25) is 0 Å². The first-order valence-electron chi connectivity index (χ1n) is 4.87. The normalized spacial score (nSPS) is 24.7. The van der Waals surface area contributed by atoms with Gasteiger partial charge in [0.2, 0.25) is 0 Å². The summed E-state index contributed by atoms with van der Waals surface area (Å²) in [7, 11) is 0. The quantitative estimate of drug-likeness (QED) is 0.894. The smallest absolute Gasteiger partial charge is 0.261 e. The van der Waals surface area contributed by atoms with Crippen molar-refractivity contribution in [3.8, 4) is 0 Å². The van der Waals surface area contributed by atoms with Gasteiger partial charge in [0.25, 0.3) is 5.91 Å². The van der Waals surface area contributed by atoms with Crippen LogP contribution in [0.4, 0.5) is 0 Å². The van der Waals surface area contributed by atoms with Crippen LogP contribution in [0.3, 0.4) is 0 Å². The third kappa shape index (κ3) is 2.80. The summed E-state index contributed by atoms with van der Waals surface area (Å²) in [6.45, 7) is 0.672. The minimum Gasteiger partial charge on any atom is -0.393 e. The van der Waals surface area contributed by atoms with Gasteiger partial charge in [0.1, 0.15) is 0 Å². The predicted octanol–water partition coefficient (Wildman–Crippen LogP) is 2.01. The SMILES string of the molecule is O=C(NCC1CC(O)C1)c1ccc(Br)s1. The molecular formula is C10H12BrNO2S. The van der Waals surface area contributed by atoms with E-state index in [0.717, 1.165) is 21.5 Å². The Morgan fingerprint density at radius 1 is 1.60 bits per heavy atom. The molecule has 1 heterocycles. The van der Waals surface area contributed by atoms with Gasteiger partial charge in [0.15, 0.2) is 0 Å². The Bertz CT molecular complexity index is 360. The summed E-state index contributed by atoms with van der Waals surface area (Å²) in [5.41, 5.74) is 0. The van der Waals surface area contributed by atoms with Crippen LogP contribution in [0.25, 0.3) is 0 Å². The molecule has 0 bridgehead atoms. The molecule has 0 spiro atoms. The van der Waals surface area contributed by atoms with Gasteiger partial charge in [-0.25, -0.2) is 0 Å². The zero-order chi connectivity index (χ0) is 10.8. The molecule has 2 N–H and O–H groups in total. The van der Waals surface area contributed by atoms with E-state index < -0.39 is 0 Å². The van der Waals surface area contributed by atoms with Gasteiger partial charge in [-0.2, -0.15) is 0 Å². The maximum Gasteiger partial charge on any atom is 0.261 e. The molecule has 1 aromatic rings. The van der Waals surface area contributed by atoms with Gasteiger partial charge in [0.05, 0.1) is 14.8 Å². The second kappa shape index (κ2) is 4.63. The first-order chi connectivity index (χ1) is 7.15. The van der Waals surface area contributed by atoms with Gasteiger partial charge in [-0.05, 0) is 46.8 Å². The van der Waals surface area contributed by atoms with E-state index in [-0.39, 0.29) is 12.0 Å². The Balaban J connectivity index is 1.78. The Kier molecular flexibility index (Phi) is 3.43. The molecule has 0 aliphatic heterocycles. The van der Waals surface area contributed by atoms with Gasteiger partial charge in [0, 0.05) is 6.54 Å². The first-order valence-corrected chi connectivity index (χ1v) is 6.47. The monoisotopic (exact) mass is 289 g/mol. The molecule has 0 radical (unpaired) electrons. The maximum atomic E-state index is 11.6. The van der Waals surface area contributed by atoms with Crippen LogP contribution < -0.4 is 5.32 Å². The molecule has 82 valence electrons. The van der Waals surface area contributed by atoms with Crippen molar-refractivity contribution in [1.82, 2.24) is 5.32 Å². The number of rotatable bonds is 3. The van der Waals surface area contributed by atoms with Crippen LogP contribution in [0.1, 0.15) is 22.5 Å². The average molecular weight is 290 g/mol. The van der Waals surface area contributed by atoms with Gasteiger partial charge >= 0.3 is 0 Å². The van der Waals surface area contributed by atoms with Gasteiger partial charge in [-0.1, -0.05) is 0 Å². The number of aliphatic hydroxyl groups excluding tert-OH is 1. The molecule has 1 saturated carbocycles. The van der Waals surface area contributed by atoms with Crippen LogP contribution in [-0.4, -0.2) is 23.7 Å². The highest BCUT2D eigenvalue weighted by molar-refractivity contribution is 9.11. The number of hydrogen-bond donors (Lipinski definition) is 2. The lowest BCUT2D eigenvalue weighted by molar-refractivity contribution is 0.0420. The van der Waals surface area contributed by atoms with Crippen LogP contribution in [0, 0.1) is 5.92 Å². The number of carbonyl (C=O) groups excluding carboxylic acids is 1. The van der Waals surface area contributed by atoms with Crippen molar-refractivity contribution in [1.29, 1.82) is 0 Å². The highest BCUT2D eigenvalue weighted by atomic mass is 79.9. The van der Waals surface area contributed by atoms with Gasteiger partial charge < -0.3 is 10.4 Å². The number of amides is 1. The molecule has 1 aromatic heterocycles. The molecule has 1 amide bonds. The Hall–Kier alpha value is -0.390. The minimum absolute atomic E-state index is 0.0212. The maximum absolute atomic E-state index is 11.6. The summed E-state index contributed by atoms with van der Waals surface area (Å²) in [5, 5.41) is 12.0. The molecule has 3 nitrogen and oxygen atoms in total. The fourth-order valence-electron chi connectivity index (χ4n) is 1.63. The highest BCUT2D eigenvalue weighted by Gasteiger charge is 2.27. The average Bonchev–Trinajstić information content (AvgIpc) is 2.57. The van der Waals surface area contributed by atoms with E-state index >= 15 is 0 Å². The molecule has 2 rings (SSSR count). The lowest BCUT2D eigenvalue weighted by atomic mass is 9.82. The van der Waals surface area contributed by atoms with E-state index in [4.69, 9.17) is 5.11 Å². The Morgan fingerprint density at radius 2 is 2.33 bits per heavy atom. The van der Waals surface area contributed by atoms with E-state index in [1.807, 2.05) is 6.07 Å². The topological polar surface area (TPSA) is 49.3 Å². The lowest BCUT2D eigenvalue weighted by Gasteiger charge is -2.31. The number of nitrogens with one attached hydrogen (secondary N) is 1. The first kappa shape index (κ1) is 11.1. The molecule has 1 aliphatic rings. The fraction of sp³-hybridized carbons (Fsp3) is 0.500. The zero-order valence-electron chi connectivity index (χ0n) is 8.07. The molecular weight excluding hydrogens is 278 g/mol. The van der Waals surface area contributed by atoms with Crippen LogP contribution in [0.15, 0.2) is 15.9 Å². The molecule has 1 fully saturated rings. The van der Waals surface area contributed by atoms with Crippen molar-refractivity contribution >= 4 is 33.2 Å². The summed E-state index contributed by atoms with van der Waals surface area (Å²) in [6, 6.07) is 3.67. The van der Waals surface area contributed by atoms with Crippen molar-refractivity contribution in [2.45, 2.75) is 18.9 Å². The van der Waals surface area contributed by atoms with Gasteiger partial charge in [-0.15, -0.1) is 11.3 Å². The van der Waals surface area contributed by atoms with E-state index in [2.05, 4.69) is 21.2 Å². The van der Waals surface area contributed by atoms with Gasteiger partial charge in [-0.3, -0.25) is 4.79 Å².